The van der Waals surface area contributed by atoms with E-state index in [4.69, 9.17) is 4.74 Å². The van der Waals surface area contributed by atoms with Crippen molar-refractivity contribution in [3.63, 3.8) is 0 Å². The SMILES string of the molecule is CC(C)(C)OC(=O)NCCCCCCCCNS(=O)(=O)c1ccccc1[N+](=O)[O-]. The number of para-hydroxylation sites is 1. The number of rotatable bonds is 12. The molecule has 0 fully saturated rings. The van der Waals surface area contributed by atoms with Crippen molar-refractivity contribution in [2.45, 2.75) is 69.8 Å². The van der Waals surface area contributed by atoms with Gasteiger partial charge in [0.25, 0.3) is 5.69 Å². The molecule has 0 spiro atoms. The van der Waals surface area contributed by atoms with E-state index in [9.17, 15) is 23.3 Å². The van der Waals surface area contributed by atoms with E-state index in [2.05, 4.69) is 10.0 Å². The fourth-order valence-electron chi connectivity index (χ4n) is 2.58. The Morgan fingerprint density at radius 3 is 2.17 bits per heavy atom. The molecule has 10 heteroatoms. The van der Waals surface area contributed by atoms with Gasteiger partial charge < -0.3 is 10.1 Å². The number of carbonyl (C=O) groups excluding carboxylic acids is 1. The first-order valence-corrected chi connectivity index (χ1v) is 11.2. The highest BCUT2D eigenvalue weighted by Crippen LogP contribution is 2.22. The summed E-state index contributed by atoms with van der Waals surface area (Å²) < 4.78 is 32.1. The van der Waals surface area contributed by atoms with Crippen LogP contribution in [0, 0.1) is 10.1 Å². The number of nitro groups is 1. The maximum absolute atomic E-state index is 12.2. The van der Waals surface area contributed by atoms with E-state index in [-0.39, 0.29) is 11.4 Å². The molecule has 0 aliphatic heterocycles. The van der Waals surface area contributed by atoms with Crippen LogP contribution in [0.4, 0.5) is 10.5 Å². The van der Waals surface area contributed by atoms with Gasteiger partial charge in [-0.25, -0.2) is 17.9 Å². The van der Waals surface area contributed by atoms with Crippen LogP contribution in [0.15, 0.2) is 29.2 Å². The largest absolute Gasteiger partial charge is 0.444 e. The Morgan fingerprint density at radius 2 is 1.59 bits per heavy atom. The van der Waals surface area contributed by atoms with Crippen LogP contribution in [0.25, 0.3) is 0 Å². The molecule has 29 heavy (non-hydrogen) atoms. The highest BCUT2D eigenvalue weighted by molar-refractivity contribution is 7.89. The third kappa shape index (κ3) is 10.2. The molecule has 0 aliphatic rings. The van der Waals surface area contributed by atoms with Gasteiger partial charge in [0.1, 0.15) is 5.60 Å². The van der Waals surface area contributed by atoms with Gasteiger partial charge in [0.15, 0.2) is 4.90 Å². The summed E-state index contributed by atoms with van der Waals surface area (Å²) >= 11 is 0. The van der Waals surface area contributed by atoms with Crippen LogP contribution >= 0.6 is 0 Å². The summed E-state index contributed by atoms with van der Waals surface area (Å²) in [5, 5.41) is 13.7. The molecular weight excluding hydrogens is 398 g/mol. The first-order chi connectivity index (χ1) is 13.5. The topological polar surface area (TPSA) is 128 Å². The minimum absolute atomic E-state index is 0.231. The molecule has 0 saturated carbocycles. The smallest absolute Gasteiger partial charge is 0.407 e. The molecule has 0 aromatic heterocycles. The lowest BCUT2D eigenvalue weighted by atomic mass is 10.1. The number of benzene rings is 1. The number of carbonyl (C=O) groups is 1. The highest BCUT2D eigenvalue weighted by atomic mass is 32.2. The van der Waals surface area contributed by atoms with Gasteiger partial charge in [-0.05, 0) is 39.7 Å². The van der Waals surface area contributed by atoms with Gasteiger partial charge in [0.05, 0.1) is 4.92 Å². The summed E-state index contributed by atoms with van der Waals surface area (Å²) in [6.07, 6.45) is 4.81. The zero-order valence-corrected chi connectivity index (χ0v) is 18.1. The molecule has 0 aliphatic carbocycles. The van der Waals surface area contributed by atoms with Gasteiger partial charge in [-0.3, -0.25) is 10.1 Å². The molecule has 1 aromatic rings. The molecule has 0 bridgehead atoms. The molecule has 0 saturated heterocycles. The molecule has 0 radical (unpaired) electrons. The van der Waals surface area contributed by atoms with Crippen LogP contribution in [0.1, 0.15) is 59.3 Å². The van der Waals surface area contributed by atoms with Crippen molar-refractivity contribution < 1.29 is 22.9 Å². The first kappa shape index (κ1) is 24.8. The Bertz CT molecular complexity index is 774. The molecule has 0 heterocycles. The van der Waals surface area contributed by atoms with Crippen LogP contribution in [0.3, 0.4) is 0 Å². The van der Waals surface area contributed by atoms with Crippen molar-refractivity contribution in [2.75, 3.05) is 13.1 Å². The Labute approximate surface area is 172 Å². The van der Waals surface area contributed by atoms with E-state index < -0.39 is 32.3 Å². The second kappa shape index (κ2) is 11.7. The predicted octanol–water partition coefficient (Wildman–Crippen LogP) is 3.74. The third-order valence-corrected chi connectivity index (χ3v) is 5.42. The van der Waals surface area contributed by atoms with Gasteiger partial charge in [-0.2, -0.15) is 0 Å². The number of sulfonamides is 1. The summed E-state index contributed by atoms with van der Waals surface area (Å²) in [6.45, 7) is 6.23. The van der Waals surface area contributed by atoms with E-state index in [1.165, 1.54) is 24.3 Å². The van der Waals surface area contributed by atoms with Crippen molar-refractivity contribution >= 4 is 21.8 Å². The maximum atomic E-state index is 12.2. The highest BCUT2D eigenvalue weighted by Gasteiger charge is 2.24. The zero-order chi connectivity index (χ0) is 21.9. The molecule has 1 rings (SSSR count). The second-order valence-electron chi connectivity index (χ2n) is 7.67. The molecule has 1 amide bonds. The predicted molar refractivity (Wildman–Crippen MR) is 110 cm³/mol. The summed E-state index contributed by atoms with van der Waals surface area (Å²) in [7, 11) is -3.91. The van der Waals surface area contributed by atoms with Crippen LogP contribution in [0.2, 0.25) is 0 Å². The summed E-state index contributed by atoms with van der Waals surface area (Å²) in [5.41, 5.74) is -0.934. The quantitative estimate of drug-likeness (QED) is 0.296. The number of nitro benzene ring substituents is 1. The van der Waals surface area contributed by atoms with Crippen molar-refractivity contribution in [3.8, 4) is 0 Å². The summed E-state index contributed by atoms with van der Waals surface area (Å²) in [6, 6.07) is 5.29. The second-order valence-corrected chi connectivity index (χ2v) is 9.41. The third-order valence-electron chi connectivity index (χ3n) is 3.92. The van der Waals surface area contributed by atoms with Crippen molar-refractivity contribution in [2.24, 2.45) is 0 Å². The fraction of sp³-hybridized carbons (Fsp3) is 0.632. The number of alkyl carbamates (subject to hydrolysis) is 1. The number of hydrogen-bond acceptors (Lipinski definition) is 6. The van der Waals surface area contributed by atoms with E-state index in [1.807, 2.05) is 20.8 Å². The Balaban J connectivity index is 2.16. The molecule has 0 unspecified atom stereocenters. The number of ether oxygens (including phenoxy) is 1. The van der Waals surface area contributed by atoms with E-state index >= 15 is 0 Å². The summed E-state index contributed by atoms with van der Waals surface area (Å²) in [5.74, 6) is 0. The van der Waals surface area contributed by atoms with Crippen molar-refractivity contribution in [3.05, 3.63) is 34.4 Å². The molecular formula is C19H31N3O6S. The van der Waals surface area contributed by atoms with E-state index in [0.29, 0.717) is 13.0 Å². The number of amides is 1. The van der Waals surface area contributed by atoms with Crippen molar-refractivity contribution in [1.29, 1.82) is 0 Å². The van der Waals surface area contributed by atoms with Gasteiger partial charge in [0, 0.05) is 19.2 Å². The van der Waals surface area contributed by atoms with Gasteiger partial charge >= 0.3 is 6.09 Å². The van der Waals surface area contributed by atoms with Crippen molar-refractivity contribution in [1.82, 2.24) is 10.0 Å². The molecule has 0 atom stereocenters. The van der Waals surface area contributed by atoms with Crippen LogP contribution in [0.5, 0.6) is 0 Å². The number of unbranched alkanes of at least 4 members (excludes halogenated alkanes) is 5. The van der Waals surface area contributed by atoms with Crippen LogP contribution < -0.4 is 10.0 Å². The molecule has 1 aromatic carbocycles. The molecule has 9 nitrogen and oxygen atoms in total. The Hall–Kier alpha value is -2.20. The molecule has 2 N–H and O–H groups in total. The maximum Gasteiger partial charge on any atom is 0.407 e. The Morgan fingerprint density at radius 1 is 1.03 bits per heavy atom. The standard InChI is InChI=1S/C19H31N3O6S/c1-19(2,3)28-18(23)20-14-10-6-4-5-7-11-15-21-29(26,27)17-13-9-8-12-16(17)22(24)25/h8-9,12-13,21H,4-7,10-11,14-15H2,1-3H3,(H,20,23). The van der Waals surface area contributed by atoms with E-state index in [0.717, 1.165) is 32.1 Å². The summed E-state index contributed by atoms with van der Waals surface area (Å²) in [4.78, 5) is 21.4. The Kier molecular flexibility index (Phi) is 10.0. The number of nitrogens with zero attached hydrogens (tertiary/aromatic N) is 1. The fourth-order valence-corrected chi connectivity index (χ4v) is 3.83. The average molecular weight is 430 g/mol. The van der Waals surface area contributed by atoms with Gasteiger partial charge in [-0.15, -0.1) is 0 Å². The lowest BCUT2D eigenvalue weighted by Gasteiger charge is -2.19. The number of nitrogens with one attached hydrogen (secondary N) is 2. The first-order valence-electron chi connectivity index (χ1n) is 9.73. The monoisotopic (exact) mass is 429 g/mol. The minimum atomic E-state index is -3.91. The lowest BCUT2D eigenvalue weighted by Crippen LogP contribution is -2.32. The van der Waals surface area contributed by atoms with Gasteiger partial charge in [0.2, 0.25) is 10.0 Å². The zero-order valence-electron chi connectivity index (χ0n) is 17.3. The normalized spacial score (nSPS) is 11.8. The number of hydrogen-bond donors (Lipinski definition) is 2. The van der Waals surface area contributed by atoms with Gasteiger partial charge in [-0.1, -0.05) is 37.8 Å². The molecule has 164 valence electrons. The van der Waals surface area contributed by atoms with Crippen LogP contribution in [-0.4, -0.2) is 38.1 Å². The van der Waals surface area contributed by atoms with E-state index in [1.54, 1.807) is 0 Å². The average Bonchev–Trinajstić information content (AvgIpc) is 2.61. The minimum Gasteiger partial charge on any atom is -0.444 e. The van der Waals surface area contributed by atoms with Crippen LogP contribution in [-0.2, 0) is 14.8 Å². The lowest BCUT2D eigenvalue weighted by molar-refractivity contribution is -0.387.